The molecule has 1 aromatic carbocycles. The Morgan fingerprint density at radius 3 is 2.72 bits per heavy atom. The zero-order chi connectivity index (χ0) is 13.3. The SMILES string of the molecule is CC(C)n1nc(Br)nc1Oc1cc(F)cc(Cl)c1. The topological polar surface area (TPSA) is 39.9 Å². The van der Waals surface area contributed by atoms with Crippen LogP contribution in [0.3, 0.4) is 0 Å². The van der Waals surface area contributed by atoms with Crippen molar-refractivity contribution in [2.24, 2.45) is 0 Å². The Morgan fingerprint density at radius 2 is 2.11 bits per heavy atom. The van der Waals surface area contributed by atoms with Gasteiger partial charge in [-0.2, -0.15) is 4.98 Å². The third-order valence-electron chi connectivity index (χ3n) is 2.11. The number of nitrogens with zero attached hydrogens (tertiary/aromatic N) is 3. The molecule has 0 radical (unpaired) electrons. The Hall–Kier alpha value is -1.14. The van der Waals surface area contributed by atoms with Gasteiger partial charge in [-0.15, -0.1) is 5.10 Å². The molecule has 96 valence electrons. The van der Waals surface area contributed by atoms with Crippen LogP contribution < -0.4 is 4.74 Å². The second-order valence-electron chi connectivity index (χ2n) is 3.91. The number of hydrogen-bond donors (Lipinski definition) is 0. The summed E-state index contributed by atoms with van der Waals surface area (Å²) in [6, 6.07) is 4.30. The van der Waals surface area contributed by atoms with Crippen LogP contribution in [0.4, 0.5) is 4.39 Å². The Kier molecular flexibility index (Phi) is 3.87. The molecule has 7 heteroatoms. The Labute approximate surface area is 117 Å². The number of ether oxygens (including phenoxy) is 1. The van der Waals surface area contributed by atoms with Crippen molar-refractivity contribution in [3.05, 3.63) is 33.8 Å². The van der Waals surface area contributed by atoms with E-state index in [4.69, 9.17) is 16.3 Å². The first-order valence-corrected chi connectivity index (χ1v) is 6.39. The quantitative estimate of drug-likeness (QED) is 0.844. The summed E-state index contributed by atoms with van der Waals surface area (Å²) in [5, 5.41) is 4.39. The van der Waals surface area contributed by atoms with E-state index in [1.165, 1.54) is 18.2 Å². The first-order valence-electron chi connectivity index (χ1n) is 5.21. The van der Waals surface area contributed by atoms with Crippen LogP contribution in [0.15, 0.2) is 22.9 Å². The molecule has 0 spiro atoms. The monoisotopic (exact) mass is 333 g/mol. The number of hydrogen-bond acceptors (Lipinski definition) is 3. The van der Waals surface area contributed by atoms with Crippen molar-refractivity contribution in [1.29, 1.82) is 0 Å². The standard InChI is InChI=1S/C11H10BrClFN3O/c1-6(2)17-11(15-10(12)16-17)18-9-4-7(13)3-8(14)5-9/h3-6H,1-2H3. The molecule has 0 saturated heterocycles. The summed E-state index contributed by atoms with van der Waals surface area (Å²) in [5.74, 6) is -0.186. The van der Waals surface area contributed by atoms with Crippen molar-refractivity contribution >= 4 is 27.5 Å². The van der Waals surface area contributed by atoms with Crippen LogP contribution >= 0.6 is 27.5 Å². The fourth-order valence-electron chi connectivity index (χ4n) is 1.38. The zero-order valence-electron chi connectivity index (χ0n) is 9.69. The van der Waals surface area contributed by atoms with E-state index >= 15 is 0 Å². The molecule has 2 rings (SSSR count). The van der Waals surface area contributed by atoms with E-state index in [2.05, 4.69) is 26.0 Å². The van der Waals surface area contributed by atoms with Crippen LogP contribution in [0.25, 0.3) is 0 Å². The second-order valence-corrected chi connectivity index (χ2v) is 5.05. The lowest BCUT2D eigenvalue weighted by Crippen LogP contribution is -2.05. The molecule has 0 amide bonds. The molecule has 1 heterocycles. The fourth-order valence-corrected chi connectivity index (χ4v) is 1.92. The number of aromatic nitrogens is 3. The fraction of sp³-hybridized carbons (Fsp3) is 0.273. The molecule has 0 bridgehead atoms. The van der Waals surface area contributed by atoms with Crippen LogP contribution in [0.2, 0.25) is 5.02 Å². The van der Waals surface area contributed by atoms with Crippen molar-refractivity contribution in [2.75, 3.05) is 0 Å². The maximum Gasteiger partial charge on any atom is 0.321 e. The maximum atomic E-state index is 13.2. The molecular formula is C11H10BrClFN3O. The minimum atomic E-state index is -0.466. The molecule has 0 aliphatic rings. The van der Waals surface area contributed by atoms with Gasteiger partial charge in [0.25, 0.3) is 0 Å². The summed E-state index contributed by atoms with van der Waals surface area (Å²) >= 11 is 8.92. The largest absolute Gasteiger partial charge is 0.424 e. The lowest BCUT2D eigenvalue weighted by molar-refractivity contribution is 0.375. The van der Waals surface area contributed by atoms with E-state index in [1.807, 2.05) is 13.8 Å². The molecule has 0 saturated carbocycles. The molecule has 0 aliphatic heterocycles. The van der Waals surface area contributed by atoms with E-state index in [0.717, 1.165) is 0 Å². The van der Waals surface area contributed by atoms with E-state index in [-0.39, 0.29) is 22.8 Å². The summed E-state index contributed by atoms with van der Waals surface area (Å²) in [6.07, 6.45) is 0. The lowest BCUT2D eigenvalue weighted by atomic mass is 10.3. The van der Waals surface area contributed by atoms with Gasteiger partial charge in [-0.25, -0.2) is 9.07 Å². The van der Waals surface area contributed by atoms with Gasteiger partial charge in [-0.3, -0.25) is 0 Å². The summed E-state index contributed by atoms with van der Waals surface area (Å²) in [6.45, 7) is 3.87. The number of benzene rings is 1. The van der Waals surface area contributed by atoms with Gasteiger partial charge in [0.1, 0.15) is 11.6 Å². The molecule has 0 atom stereocenters. The van der Waals surface area contributed by atoms with Gasteiger partial charge < -0.3 is 4.74 Å². The smallest absolute Gasteiger partial charge is 0.321 e. The average Bonchev–Trinajstić information content (AvgIpc) is 2.57. The molecule has 2 aromatic rings. The van der Waals surface area contributed by atoms with Crippen molar-refractivity contribution in [3.63, 3.8) is 0 Å². The third-order valence-corrected chi connectivity index (χ3v) is 2.66. The van der Waals surface area contributed by atoms with Gasteiger partial charge in [0.15, 0.2) is 0 Å². The van der Waals surface area contributed by atoms with Gasteiger partial charge in [0.2, 0.25) is 4.73 Å². The minimum Gasteiger partial charge on any atom is -0.424 e. The van der Waals surface area contributed by atoms with Crippen LogP contribution in [0, 0.1) is 5.82 Å². The highest BCUT2D eigenvalue weighted by Crippen LogP contribution is 2.26. The number of rotatable bonds is 3. The van der Waals surface area contributed by atoms with Crippen LogP contribution in [0.1, 0.15) is 19.9 Å². The Balaban J connectivity index is 2.33. The predicted molar refractivity (Wildman–Crippen MR) is 69.6 cm³/mol. The predicted octanol–water partition coefficient (Wildman–Crippen LogP) is 4.21. The molecule has 18 heavy (non-hydrogen) atoms. The van der Waals surface area contributed by atoms with Crippen molar-refractivity contribution in [2.45, 2.75) is 19.9 Å². The molecule has 0 fully saturated rings. The molecule has 0 N–H and O–H groups in total. The average molecular weight is 335 g/mol. The normalized spacial score (nSPS) is 11.0. The van der Waals surface area contributed by atoms with Gasteiger partial charge >= 0.3 is 6.01 Å². The van der Waals surface area contributed by atoms with Crippen molar-refractivity contribution in [1.82, 2.24) is 14.8 Å². The first-order chi connectivity index (χ1) is 8.45. The molecule has 0 unspecified atom stereocenters. The van der Waals surface area contributed by atoms with Crippen LogP contribution in [-0.2, 0) is 0 Å². The molecule has 0 aliphatic carbocycles. The highest BCUT2D eigenvalue weighted by molar-refractivity contribution is 9.10. The van der Waals surface area contributed by atoms with Crippen LogP contribution in [0.5, 0.6) is 11.8 Å². The maximum absolute atomic E-state index is 13.2. The second kappa shape index (κ2) is 5.24. The summed E-state index contributed by atoms with van der Waals surface area (Å²) in [5.41, 5.74) is 0. The summed E-state index contributed by atoms with van der Waals surface area (Å²) < 4.78 is 20.7. The van der Waals surface area contributed by atoms with Crippen molar-refractivity contribution < 1.29 is 9.13 Å². The lowest BCUT2D eigenvalue weighted by Gasteiger charge is -2.09. The van der Waals surface area contributed by atoms with E-state index < -0.39 is 5.82 Å². The van der Waals surface area contributed by atoms with Gasteiger partial charge in [-0.05, 0) is 41.9 Å². The van der Waals surface area contributed by atoms with Gasteiger partial charge in [0, 0.05) is 11.1 Å². The van der Waals surface area contributed by atoms with Crippen molar-refractivity contribution in [3.8, 4) is 11.8 Å². The number of halogens is 3. The van der Waals surface area contributed by atoms with E-state index in [0.29, 0.717) is 4.73 Å². The zero-order valence-corrected chi connectivity index (χ0v) is 12.0. The van der Waals surface area contributed by atoms with Gasteiger partial charge in [-0.1, -0.05) is 11.6 Å². The van der Waals surface area contributed by atoms with Gasteiger partial charge in [0.05, 0.1) is 6.04 Å². The highest BCUT2D eigenvalue weighted by atomic mass is 79.9. The molecular weight excluding hydrogens is 324 g/mol. The highest BCUT2D eigenvalue weighted by Gasteiger charge is 2.13. The van der Waals surface area contributed by atoms with Crippen LogP contribution in [-0.4, -0.2) is 14.8 Å². The third kappa shape index (κ3) is 3.00. The Morgan fingerprint density at radius 1 is 1.39 bits per heavy atom. The minimum absolute atomic E-state index is 0.0721. The molecule has 1 aromatic heterocycles. The van der Waals surface area contributed by atoms with E-state index in [9.17, 15) is 4.39 Å². The summed E-state index contributed by atoms with van der Waals surface area (Å²) in [4.78, 5) is 4.07. The summed E-state index contributed by atoms with van der Waals surface area (Å²) in [7, 11) is 0. The Bertz CT molecular complexity index is 553. The van der Waals surface area contributed by atoms with E-state index in [1.54, 1.807) is 4.68 Å². The first kappa shape index (κ1) is 13.3. The molecule has 4 nitrogen and oxygen atoms in total.